The summed E-state index contributed by atoms with van der Waals surface area (Å²) in [5.74, 6) is 0.932. The van der Waals surface area contributed by atoms with Gasteiger partial charge in [-0.25, -0.2) is 4.68 Å². The van der Waals surface area contributed by atoms with E-state index in [1.807, 2.05) is 29.9 Å². The largest absolute Gasteiger partial charge is 0.319 e. The SMILES string of the molecule is Cc1ncccc1C(N)c1cn(C23CC(C2)C3)nn1. The summed E-state index contributed by atoms with van der Waals surface area (Å²) in [6, 6.07) is 3.68. The van der Waals surface area contributed by atoms with Gasteiger partial charge < -0.3 is 5.73 Å². The van der Waals surface area contributed by atoms with Crippen molar-refractivity contribution in [2.75, 3.05) is 0 Å². The molecule has 3 saturated carbocycles. The van der Waals surface area contributed by atoms with E-state index in [0.717, 1.165) is 22.9 Å². The van der Waals surface area contributed by atoms with Gasteiger partial charge in [0.05, 0.1) is 17.8 Å². The lowest BCUT2D eigenvalue weighted by Crippen LogP contribution is -2.59. The minimum Gasteiger partial charge on any atom is -0.319 e. The maximum atomic E-state index is 6.29. The first kappa shape index (κ1) is 11.1. The summed E-state index contributed by atoms with van der Waals surface area (Å²) < 4.78 is 2.04. The predicted molar refractivity (Wildman–Crippen MR) is 70.3 cm³/mol. The molecule has 2 N–H and O–H groups in total. The van der Waals surface area contributed by atoms with Crippen molar-refractivity contribution in [3.8, 4) is 0 Å². The van der Waals surface area contributed by atoms with Gasteiger partial charge in [0.15, 0.2) is 0 Å². The summed E-state index contributed by atoms with van der Waals surface area (Å²) in [7, 11) is 0. The highest BCUT2D eigenvalue weighted by atomic mass is 15.5. The fourth-order valence-electron chi connectivity index (χ4n) is 3.35. The Morgan fingerprint density at radius 2 is 2.21 bits per heavy atom. The van der Waals surface area contributed by atoms with Gasteiger partial charge in [-0.2, -0.15) is 0 Å². The molecule has 2 aromatic rings. The van der Waals surface area contributed by atoms with Crippen LogP contribution in [0.5, 0.6) is 0 Å². The Labute approximate surface area is 111 Å². The third kappa shape index (κ3) is 1.48. The van der Waals surface area contributed by atoms with E-state index in [1.165, 1.54) is 19.3 Å². The Hall–Kier alpha value is -1.75. The number of pyridine rings is 1. The number of nitrogens with zero attached hydrogens (tertiary/aromatic N) is 4. The van der Waals surface area contributed by atoms with Gasteiger partial charge in [-0.3, -0.25) is 4.98 Å². The van der Waals surface area contributed by atoms with E-state index in [-0.39, 0.29) is 11.6 Å². The Kier molecular flexibility index (Phi) is 2.12. The molecule has 98 valence electrons. The van der Waals surface area contributed by atoms with Crippen molar-refractivity contribution in [1.29, 1.82) is 0 Å². The number of aryl methyl sites for hydroxylation is 1. The third-order valence-electron chi connectivity index (χ3n) is 4.70. The van der Waals surface area contributed by atoms with Gasteiger partial charge in [0, 0.05) is 11.9 Å². The van der Waals surface area contributed by atoms with Crippen LogP contribution in [0.1, 0.15) is 42.3 Å². The fourth-order valence-corrected chi connectivity index (χ4v) is 3.35. The van der Waals surface area contributed by atoms with Crippen LogP contribution in [0.15, 0.2) is 24.5 Å². The molecule has 0 spiro atoms. The van der Waals surface area contributed by atoms with Gasteiger partial charge in [-0.15, -0.1) is 5.10 Å². The van der Waals surface area contributed by atoms with Crippen LogP contribution in [-0.2, 0) is 5.54 Å². The highest BCUT2D eigenvalue weighted by Gasteiger charge is 2.58. The van der Waals surface area contributed by atoms with E-state index < -0.39 is 0 Å². The molecule has 2 bridgehead atoms. The van der Waals surface area contributed by atoms with Crippen molar-refractivity contribution >= 4 is 0 Å². The predicted octanol–water partition coefficient (Wildman–Crippen LogP) is 1.54. The second-order valence-corrected chi connectivity index (χ2v) is 5.95. The summed E-state index contributed by atoms with van der Waals surface area (Å²) >= 11 is 0. The molecule has 0 radical (unpaired) electrons. The molecule has 3 aliphatic rings. The Morgan fingerprint density at radius 1 is 1.42 bits per heavy atom. The van der Waals surface area contributed by atoms with E-state index in [2.05, 4.69) is 15.3 Å². The van der Waals surface area contributed by atoms with E-state index in [9.17, 15) is 0 Å². The molecule has 5 heteroatoms. The molecule has 3 aliphatic carbocycles. The molecule has 5 nitrogen and oxygen atoms in total. The van der Waals surface area contributed by atoms with Crippen molar-refractivity contribution in [2.24, 2.45) is 11.7 Å². The molecule has 1 atom stereocenters. The van der Waals surface area contributed by atoms with Crippen molar-refractivity contribution < 1.29 is 0 Å². The van der Waals surface area contributed by atoms with Crippen molar-refractivity contribution in [3.05, 3.63) is 41.5 Å². The molecule has 2 aromatic heterocycles. The Bertz CT molecular complexity index is 615. The van der Waals surface area contributed by atoms with Crippen molar-refractivity contribution in [1.82, 2.24) is 20.0 Å². The topological polar surface area (TPSA) is 69.6 Å². The van der Waals surface area contributed by atoms with Gasteiger partial charge in [0.25, 0.3) is 0 Å². The van der Waals surface area contributed by atoms with Crippen LogP contribution < -0.4 is 5.73 Å². The molecular formula is C14H17N5. The van der Waals surface area contributed by atoms with Gasteiger partial charge in [0.1, 0.15) is 5.69 Å². The summed E-state index contributed by atoms with van der Waals surface area (Å²) in [5, 5.41) is 8.56. The monoisotopic (exact) mass is 255 g/mol. The van der Waals surface area contributed by atoms with E-state index in [4.69, 9.17) is 5.73 Å². The second-order valence-electron chi connectivity index (χ2n) is 5.95. The summed E-state index contributed by atoms with van der Waals surface area (Å²) in [6.45, 7) is 1.97. The number of rotatable bonds is 3. The first-order valence-corrected chi connectivity index (χ1v) is 6.78. The van der Waals surface area contributed by atoms with Crippen LogP contribution in [0.3, 0.4) is 0 Å². The lowest BCUT2D eigenvalue weighted by molar-refractivity contribution is -0.0989. The van der Waals surface area contributed by atoms with E-state index >= 15 is 0 Å². The maximum absolute atomic E-state index is 6.29. The molecule has 5 rings (SSSR count). The molecule has 0 aromatic carbocycles. The third-order valence-corrected chi connectivity index (χ3v) is 4.70. The van der Waals surface area contributed by atoms with Gasteiger partial charge in [0.2, 0.25) is 0 Å². The second kappa shape index (κ2) is 3.63. The standard InChI is InChI=1S/C14H17N5/c1-9-11(3-2-4-16-9)13(15)12-8-19(18-17-12)14-5-10(6-14)7-14/h2-4,8,10,13H,5-7,15H2,1H3. The van der Waals surface area contributed by atoms with Crippen molar-refractivity contribution in [2.45, 2.75) is 37.8 Å². The van der Waals surface area contributed by atoms with Crippen LogP contribution in [0.25, 0.3) is 0 Å². The minimum absolute atomic E-state index is 0.241. The number of hydrogen-bond acceptors (Lipinski definition) is 4. The number of aromatic nitrogens is 4. The Balaban J connectivity index is 1.64. The van der Waals surface area contributed by atoms with Crippen LogP contribution in [0.2, 0.25) is 0 Å². The molecule has 0 saturated heterocycles. The molecule has 0 amide bonds. The summed E-state index contributed by atoms with van der Waals surface area (Å²) in [5.41, 5.74) is 9.38. The zero-order valence-corrected chi connectivity index (χ0v) is 11.0. The van der Waals surface area contributed by atoms with Crippen molar-refractivity contribution in [3.63, 3.8) is 0 Å². The first-order valence-electron chi connectivity index (χ1n) is 6.78. The normalized spacial score (nSPS) is 29.5. The number of nitrogens with two attached hydrogens (primary N) is 1. The highest BCUT2D eigenvalue weighted by Crippen LogP contribution is 2.61. The molecule has 2 heterocycles. The van der Waals surface area contributed by atoms with Gasteiger partial charge in [-0.05, 0) is 43.7 Å². The molecule has 19 heavy (non-hydrogen) atoms. The average molecular weight is 255 g/mol. The van der Waals surface area contributed by atoms with Gasteiger partial charge >= 0.3 is 0 Å². The van der Waals surface area contributed by atoms with E-state index in [0.29, 0.717) is 0 Å². The molecular weight excluding hydrogens is 238 g/mol. The lowest BCUT2D eigenvalue weighted by Gasteiger charge is -2.61. The van der Waals surface area contributed by atoms with Crippen LogP contribution in [0.4, 0.5) is 0 Å². The zero-order chi connectivity index (χ0) is 13.0. The van der Waals surface area contributed by atoms with Gasteiger partial charge in [-0.1, -0.05) is 11.3 Å². The number of hydrogen-bond donors (Lipinski definition) is 1. The van der Waals surface area contributed by atoms with Crippen LogP contribution in [-0.4, -0.2) is 20.0 Å². The highest BCUT2D eigenvalue weighted by molar-refractivity contribution is 5.28. The molecule has 0 aliphatic heterocycles. The van der Waals surface area contributed by atoms with Crippen LogP contribution >= 0.6 is 0 Å². The Morgan fingerprint density at radius 3 is 2.84 bits per heavy atom. The average Bonchev–Trinajstić information content (AvgIpc) is 2.74. The zero-order valence-electron chi connectivity index (χ0n) is 11.0. The summed E-state index contributed by atoms with van der Waals surface area (Å²) in [6.07, 6.45) is 7.58. The first-order chi connectivity index (χ1) is 9.18. The van der Waals surface area contributed by atoms with Crippen LogP contribution in [0, 0.1) is 12.8 Å². The lowest BCUT2D eigenvalue weighted by atomic mass is 9.50. The maximum Gasteiger partial charge on any atom is 0.104 e. The molecule has 3 fully saturated rings. The minimum atomic E-state index is -0.241. The summed E-state index contributed by atoms with van der Waals surface area (Å²) in [4.78, 5) is 4.28. The quantitative estimate of drug-likeness (QED) is 0.903. The fraction of sp³-hybridized carbons (Fsp3) is 0.500. The smallest absolute Gasteiger partial charge is 0.104 e. The molecule has 1 unspecified atom stereocenters. The van der Waals surface area contributed by atoms with E-state index in [1.54, 1.807) is 6.20 Å².